The van der Waals surface area contributed by atoms with Gasteiger partial charge in [0.15, 0.2) is 5.16 Å². The van der Waals surface area contributed by atoms with Crippen molar-refractivity contribution < 1.29 is 13.2 Å². The van der Waals surface area contributed by atoms with Gasteiger partial charge >= 0.3 is 0 Å². The lowest BCUT2D eigenvalue weighted by Crippen LogP contribution is -2.28. The molecule has 150 valence electrons. The maximum Gasteiger partial charge on any atom is 0.243 e. The van der Waals surface area contributed by atoms with Crippen molar-refractivity contribution in [3.05, 3.63) is 35.0 Å². The molecule has 0 atom stereocenters. The molecule has 1 aromatic carbocycles. The van der Waals surface area contributed by atoms with E-state index in [1.165, 1.54) is 22.5 Å². The van der Waals surface area contributed by atoms with Crippen LogP contribution in [-0.4, -0.2) is 47.4 Å². The molecular weight excluding hydrogens is 422 g/mol. The number of benzene rings is 1. The van der Waals surface area contributed by atoms with Crippen LogP contribution in [0.2, 0.25) is 5.02 Å². The summed E-state index contributed by atoms with van der Waals surface area (Å²) in [5.41, 5.74) is 6.63. The van der Waals surface area contributed by atoms with Crippen molar-refractivity contribution in [2.24, 2.45) is 0 Å². The molecule has 0 saturated carbocycles. The molecule has 2 aromatic rings. The van der Waals surface area contributed by atoms with Gasteiger partial charge in [-0.2, -0.15) is 4.31 Å². The van der Waals surface area contributed by atoms with Crippen LogP contribution in [0.1, 0.15) is 18.5 Å². The van der Waals surface area contributed by atoms with Crippen LogP contribution in [-0.2, 0) is 14.8 Å². The Morgan fingerprint density at radius 3 is 2.68 bits per heavy atom. The maximum absolute atomic E-state index is 12.7. The summed E-state index contributed by atoms with van der Waals surface area (Å²) in [6, 6.07) is 5.94. The van der Waals surface area contributed by atoms with Gasteiger partial charge in [0.1, 0.15) is 5.82 Å². The number of nitrogens with zero attached hydrogens (tertiary/aromatic N) is 3. The number of amides is 1. The second kappa shape index (κ2) is 8.64. The first-order valence-corrected chi connectivity index (χ1v) is 11.4. The number of rotatable bonds is 6. The SMILES string of the molecule is Cc1cc(N)nc(SCC(=O)Nc2cc(S(=O)(=O)N3CCCC3)ccc2Cl)n1. The molecule has 0 aliphatic carbocycles. The van der Waals surface area contributed by atoms with Crippen LogP contribution in [0, 0.1) is 6.92 Å². The lowest BCUT2D eigenvalue weighted by Gasteiger charge is -2.16. The van der Waals surface area contributed by atoms with Crippen LogP contribution in [0.4, 0.5) is 11.5 Å². The molecule has 0 spiro atoms. The molecule has 3 rings (SSSR count). The van der Waals surface area contributed by atoms with Crippen molar-refractivity contribution >= 4 is 50.8 Å². The number of hydrogen-bond acceptors (Lipinski definition) is 7. The van der Waals surface area contributed by atoms with E-state index in [-0.39, 0.29) is 27.3 Å². The maximum atomic E-state index is 12.7. The minimum absolute atomic E-state index is 0.0301. The van der Waals surface area contributed by atoms with E-state index >= 15 is 0 Å². The first-order chi connectivity index (χ1) is 13.3. The Kier molecular flexibility index (Phi) is 6.43. The van der Waals surface area contributed by atoms with Crippen molar-refractivity contribution in [2.75, 3.05) is 29.9 Å². The predicted molar refractivity (Wildman–Crippen MR) is 110 cm³/mol. The molecule has 1 fully saturated rings. The van der Waals surface area contributed by atoms with Crippen LogP contribution in [0.25, 0.3) is 0 Å². The van der Waals surface area contributed by atoms with Crippen LogP contribution in [0.5, 0.6) is 0 Å². The topological polar surface area (TPSA) is 118 Å². The van der Waals surface area contributed by atoms with E-state index in [2.05, 4.69) is 15.3 Å². The molecular formula is C17H20ClN5O3S2. The normalized spacial score (nSPS) is 14.9. The average Bonchev–Trinajstić information content (AvgIpc) is 3.16. The van der Waals surface area contributed by atoms with E-state index in [9.17, 15) is 13.2 Å². The molecule has 0 unspecified atom stereocenters. The highest BCUT2D eigenvalue weighted by molar-refractivity contribution is 7.99. The summed E-state index contributed by atoms with van der Waals surface area (Å²) in [5, 5.41) is 3.30. The molecule has 1 aliphatic heterocycles. The number of aryl methyl sites for hydroxylation is 1. The van der Waals surface area contributed by atoms with Gasteiger partial charge < -0.3 is 11.1 Å². The monoisotopic (exact) mass is 441 g/mol. The lowest BCUT2D eigenvalue weighted by atomic mass is 10.3. The molecule has 1 saturated heterocycles. The standard InChI is InChI=1S/C17H20ClN5O3S2/c1-11-8-15(19)22-17(20-11)27-10-16(24)21-14-9-12(4-5-13(14)18)28(25,26)23-6-2-3-7-23/h4-5,8-9H,2-3,6-7,10H2,1H3,(H,21,24)(H2,19,20,22). The van der Waals surface area contributed by atoms with Gasteiger partial charge in [-0.1, -0.05) is 23.4 Å². The second-order valence-corrected chi connectivity index (χ2v) is 9.59. The zero-order valence-corrected chi connectivity index (χ0v) is 17.6. The summed E-state index contributed by atoms with van der Waals surface area (Å²) in [6.45, 7) is 2.79. The number of halogens is 1. The fourth-order valence-corrected chi connectivity index (χ4v) is 5.20. The Hall–Kier alpha value is -1.88. The van der Waals surface area contributed by atoms with Gasteiger partial charge in [0, 0.05) is 24.8 Å². The quantitative estimate of drug-likeness (QED) is 0.522. The van der Waals surface area contributed by atoms with Crippen molar-refractivity contribution in [1.82, 2.24) is 14.3 Å². The van der Waals surface area contributed by atoms with Gasteiger partial charge in [0.25, 0.3) is 0 Å². The molecule has 8 nitrogen and oxygen atoms in total. The van der Waals surface area contributed by atoms with E-state index in [1.807, 2.05) is 0 Å². The highest BCUT2D eigenvalue weighted by Gasteiger charge is 2.27. The van der Waals surface area contributed by atoms with Gasteiger partial charge in [-0.25, -0.2) is 18.4 Å². The first kappa shape index (κ1) is 20.8. The zero-order chi connectivity index (χ0) is 20.3. The third kappa shape index (κ3) is 4.93. The molecule has 1 aliphatic rings. The number of thioether (sulfide) groups is 1. The Balaban J connectivity index is 1.70. The van der Waals surface area contributed by atoms with E-state index < -0.39 is 10.0 Å². The smallest absolute Gasteiger partial charge is 0.243 e. The molecule has 3 N–H and O–H groups in total. The summed E-state index contributed by atoms with van der Waals surface area (Å²) in [5.74, 6) is 0.00654. The van der Waals surface area contributed by atoms with Gasteiger partial charge in [-0.05, 0) is 38.0 Å². The summed E-state index contributed by atoms with van der Waals surface area (Å²) in [4.78, 5) is 20.7. The molecule has 0 bridgehead atoms. The van der Waals surface area contributed by atoms with Crippen LogP contribution in [0.3, 0.4) is 0 Å². The summed E-state index contributed by atoms with van der Waals surface area (Å²) in [7, 11) is -3.59. The molecule has 1 amide bonds. The highest BCUT2D eigenvalue weighted by Crippen LogP contribution is 2.28. The number of carbonyl (C=O) groups excluding carboxylic acids is 1. The van der Waals surface area contributed by atoms with E-state index in [4.69, 9.17) is 17.3 Å². The molecule has 1 aromatic heterocycles. The Bertz CT molecular complexity index is 974. The summed E-state index contributed by atoms with van der Waals surface area (Å²) >= 11 is 7.27. The van der Waals surface area contributed by atoms with Crippen LogP contribution >= 0.6 is 23.4 Å². The van der Waals surface area contributed by atoms with Gasteiger partial charge in [-0.3, -0.25) is 4.79 Å². The van der Waals surface area contributed by atoms with E-state index in [0.29, 0.717) is 29.8 Å². The number of aromatic nitrogens is 2. The average molecular weight is 442 g/mol. The fourth-order valence-electron chi connectivity index (χ4n) is 2.78. The lowest BCUT2D eigenvalue weighted by molar-refractivity contribution is -0.113. The summed E-state index contributed by atoms with van der Waals surface area (Å²) in [6.07, 6.45) is 1.69. The van der Waals surface area contributed by atoms with Gasteiger partial charge in [0.05, 0.1) is 21.4 Å². The molecule has 11 heteroatoms. The number of carbonyl (C=O) groups is 1. The second-order valence-electron chi connectivity index (χ2n) is 6.31. The van der Waals surface area contributed by atoms with Crippen molar-refractivity contribution in [3.63, 3.8) is 0 Å². The minimum Gasteiger partial charge on any atom is -0.384 e. The Labute approximate surface area is 172 Å². The number of hydrogen-bond donors (Lipinski definition) is 2. The summed E-state index contributed by atoms with van der Waals surface area (Å²) < 4.78 is 26.8. The predicted octanol–water partition coefficient (Wildman–Crippen LogP) is 2.54. The molecule has 2 heterocycles. The highest BCUT2D eigenvalue weighted by atomic mass is 35.5. The number of anilines is 2. The molecule has 28 heavy (non-hydrogen) atoms. The van der Waals surface area contributed by atoms with Gasteiger partial charge in [-0.15, -0.1) is 0 Å². The van der Waals surface area contributed by atoms with E-state index in [1.54, 1.807) is 13.0 Å². The van der Waals surface area contributed by atoms with Crippen molar-refractivity contribution in [1.29, 1.82) is 0 Å². The Morgan fingerprint density at radius 1 is 1.29 bits per heavy atom. The largest absolute Gasteiger partial charge is 0.384 e. The number of sulfonamides is 1. The fraction of sp³-hybridized carbons (Fsp3) is 0.353. The van der Waals surface area contributed by atoms with E-state index in [0.717, 1.165) is 24.6 Å². The van der Waals surface area contributed by atoms with Crippen molar-refractivity contribution in [3.8, 4) is 0 Å². The first-order valence-electron chi connectivity index (χ1n) is 8.59. The number of nitrogens with two attached hydrogens (primary N) is 1. The van der Waals surface area contributed by atoms with Crippen molar-refractivity contribution in [2.45, 2.75) is 29.8 Å². The van der Waals surface area contributed by atoms with Gasteiger partial charge in [0.2, 0.25) is 15.9 Å². The number of nitrogens with one attached hydrogen (secondary N) is 1. The van der Waals surface area contributed by atoms with Crippen LogP contribution < -0.4 is 11.1 Å². The zero-order valence-electron chi connectivity index (χ0n) is 15.2. The number of nitrogen functional groups attached to an aromatic ring is 1. The Morgan fingerprint density at radius 2 is 2.00 bits per heavy atom. The molecule has 0 radical (unpaired) electrons. The minimum atomic E-state index is -3.59. The van der Waals surface area contributed by atoms with Crippen LogP contribution in [0.15, 0.2) is 34.3 Å². The third-order valence-corrected chi connectivity index (χ3v) is 7.17. The third-order valence-electron chi connectivity index (χ3n) is 4.10.